The molecule has 0 saturated carbocycles. The standard InChI is InChI=1S/C19H12F3N3O2/c1-12(11-27-16-6-2-13(9-23)3-7-16)18(26)25-15-5-4-14(10-24)17(8-15)19(20,21)22/h2-8H,1,11H2,(H,25,26). The van der Waals surface area contributed by atoms with Crippen LogP contribution in [-0.2, 0) is 11.0 Å². The lowest BCUT2D eigenvalue weighted by Crippen LogP contribution is -2.19. The summed E-state index contributed by atoms with van der Waals surface area (Å²) in [5, 5.41) is 19.8. The van der Waals surface area contributed by atoms with Crippen molar-refractivity contribution >= 4 is 11.6 Å². The first kappa shape index (κ1) is 19.5. The van der Waals surface area contributed by atoms with Crippen molar-refractivity contribution in [2.75, 3.05) is 11.9 Å². The van der Waals surface area contributed by atoms with Gasteiger partial charge in [-0.3, -0.25) is 4.79 Å². The molecule has 1 amide bonds. The van der Waals surface area contributed by atoms with E-state index in [1.807, 2.05) is 6.07 Å². The summed E-state index contributed by atoms with van der Waals surface area (Å²) in [4.78, 5) is 12.1. The number of carbonyl (C=O) groups excluding carboxylic acids is 1. The minimum atomic E-state index is -4.72. The summed E-state index contributed by atoms with van der Waals surface area (Å²) < 4.78 is 44.2. The normalized spacial score (nSPS) is 10.4. The third kappa shape index (κ3) is 5.10. The zero-order chi connectivity index (χ0) is 20.0. The lowest BCUT2D eigenvalue weighted by Gasteiger charge is -2.13. The largest absolute Gasteiger partial charge is 0.489 e. The number of hydrogen-bond donors (Lipinski definition) is 1. The summed E-state index contributed by atoms with van der Waals surface area (Å²) in [6.07, 6.45) is -4.72. The average molecular weight is 371 g/mol. The van der Waals surface area contributed by atoms with Crippen LogP contribution in [-0.4, -0.2) is 12.5 Å². The highest BCUT2D eigenvalue weighted by molar-refractivity contribution is 6.03. The number of rotatable bonds is 5. The molecule has 0 unspecified atom stereocenters. The second kappa shape index (κ2) is 8.07. The SMILES string of the molecule is C=C(COc1ccc(C#N)cc1)C(=O)Nc1ccc(C#N)c(C(F)(F)F)c1. The molecule has 0 aliphatic rings. The highest BCUT2D eigenvalue weighted by Gasteiger charge is 2.34. The number of hydrogen-bond acceptors (Lipinski definition) is 4. The molecule has 0 bridgehead atoms. The van der Waals surface area contributed by atoms with Gasteiger partial charge in [0.25, 0.3) is 5.91 Å². The number of anilines is 1. The quantitative estimate of drug-likeness (QED) is 0.805. The molecule has 2 aromatic carbocycles. The number of halogens is 3. The number of benzene rings is 2. The fraction of sp³-hybridized carbons (Fsp3) is 0.105. The van der Waals surface area contributed by atoms with Gasteiger partial charge in [-0.2, -0.15) is 23.7 Å². The summed E-state index contributed by atoms with van der Waals surface area (Å²) in [6, 6.07) is 12.4. The highest BCUT2D eigenvalue weighted by Crippen LogP contribution is 2.33. The van der Waals surface area contributed by atoms with E-state index in [0.29, 0.717) is 17.4 Å². The van der Waals surface area contributed by atoms with Gasteiger partial charge in [0.15, 0.2) is 0 Å². The zero-order valence-electron chi connectivity index (χ0n) is 13.8. The summed E-state index contributed by atoms with van der Waals surface area (Å²) >= 11 is 0. The van der Waals surface area contributed by atoms with Crippen LogP contribution in [0.25, 0.3) is 0 Å². The summed E-state index contributed by atoms with van der Waals surface area (Å²) in [6.45, 7) is 3.35. The van der Waals surface area contributed by atoms with Crippen molar-refractivity contribution in [1.82, 2.24) is 0 Å². The van der Waals surface area contributed by atoms with Crippen LogP contribution in [0.5, 0.6) is 5.75 Å². The fourth-order valence-corrected chi connectivity index (χ4v) is 2.04. The molecule has 0 saturated heterocycles. The minimum absolute atomic E-state index is 0.0164. The second-order valence-corrected chi connectivity index (χ2v) is 5.35. The van der Waals surface area contributed by atoms with Gasteiger partial charge in [-0.25, -0.2) is 0 Å². The number of alkyl halides is 3. The topological polar surface area (TPSA) is 85.9 Å². The Morgan fingerprint density at radius 2 is 1.78 bits per heavy atom. The fourth-order valence-electron chi connectivity index (χ4n) is 2.04. The van der Waals surface area contributed by atoms with E-state index >= 15 is 0 Å². The van der Waals surface area contributed by atoms with Gasteiger partial charge in [-0.1, -0.05) is 6.58 Å². The molecule has 0 atom stereocenters. The van der Waals surface area contributed by atoms with Crippen molar-refractivity contribution in [1.29, 1.82) is 10.5 Å². The Morgan fingerprint density at radius 1 is 1.11 bits per heavy atom. The first-order chi connectivity index (χ1) is 12.7. The summed E-state index contributed by atoms with van der Waals surface area (Å²) in [5.74, 6) is -0.317. The number of nitrogens with one attached hydrogen (secondary N) is 1. The Labute approximate surface area is 152 Å². The molecule has 0 radical (unpaired) electrons. The highest BCUT2D eigenvalue weighted by atomic mass is 19.4. The molecule has 1 N–H and O–H groups in total. The van der Waals surface area contributed by atoms with Crippen molar-refractivity contribution in [2.45, 2.75) is 6.18 Å². The van der Waals surface area contributed by atoms with Crippen LogP contribution in [0.4, 0.5) is 18.9 Å². The lowest BCUT2D eigenvalue weighted by atomic mass is 10.1. The van der Waals surface area contributed by atoms with E-state index in [0.717, 1.165) is 6.07 Å². The van der Waals surface area contributed by atoms with Crippen molar-refractivity contribution in [3.8, 4) is 17.9 Å². The Bertz CT molecular complexity index is 952. The molecule has 0 spiro atoms. The van der Waals surface area contributed by atoms with E-state index in [2.05, 4.69) is 11.9 Å². The van der Waals surface area contributed by atoms with Gasteiger partial charge in [0.1, 0.15) is 12.4 Å². The van der Waals surface area contributed by atoms with E-state index < -0.39 is 23.2 Å². The molecular formula is C19H12F3N3O2. The minimum Gasteiger partial charge on any atom is -0.489 e. The smallest absolute Gasteiger partial charge is 0.417 e. The van der Waals surface area contributed by atoms with Crippen molar-refractivity contribution in [2.24, 2.45) is 0 Å². The Balaban J connectivity index is 2.02. The maximum Gasteiger partial charge on any atom is 0.417 e. The lowest BCUT2D eigenvalue weighted by molar-refractivity contribution is -0.137. The number of ether oxygens (including phenoxy) is 1. The van der Waals surface area contributed by atoms with Gasteiger partial charge < -0.3 is 10.1 Å². The maximum atomic E-state index is 13.0. The molecule has 0 aliphatic heterocycles. The summed E-state index contributed by atoms with van der Waals surface area (Å²) in [5.41, 5.74) is -1.37. The van der Waals surface area contributed by atoms with Crippen LogP contribution in [0, 0.1) is 22.7 Å². The van der Waals surface area contributed by atoms with E-state index in [-0.39, 0.29) is 17.9 Å². The van der Waals surface area contributed by atoms with Gasteiger partial charge in [0.2, 0.25) is 0 Å². The molecule has 0 aromatic heterocycles. The molecule has 27 heavy (non-hydrogen) atoms. The van der Waals surface area contributed by atoms with Crippen molar-refractivity contribution < 1.29 is 22.7 Å². The second-order valence-electron chi connectivity index (χ2n) is 5.35. The van der Waals surface area contributed by atoms with E-state index in [1.54, 1.807) is 12.1 Å². The first-order valence-corrected chi connectivity index (χ1v) is 7.48. The Morgan fingerprint density at radius 3 is 2.33 bits per heavy atom. The molecular weight excluding hydrogens is 359 g/mol. The molecule has 8 heteroatoms. The predicted octanol–water partition coefficient (Wildman–Crippen LogP) is 4.02. The maximum absolute atomic E-state index is 13.0. The molecule has 0 fully saturated rings. The average Bonchev–Trinajstić information content (AvgIpc) is 2.65. The molecule has 0 aliphatic carbocycles. The van der Waals surface area contributed by atoms with Crippen LogP contribution in [0.2, 0.25) is 0 Å². The van der Waals surface area contributed by atoms with Crippen molar-refractivity contribution in [3.05, 3.63) is 71.3 Å². The van der Waals surface area contributed by atoms with Crippen molar-refractivity contribution in [3.63, 3.8) is 0 Å². The van der Waals surface area contributed by atoms with E-state index in [1.165, 1.54) is 24.3 Å². The predicted molar refractivity (Wildman–Crippen MR) is 90.6 cm³/mol. The number of nitrogens with zero attached hydrogens (tertiary/aromatic N) is 2. The van der Waals surface area contributed by atoms with Crippen LogP contribution >= 0.6 is 0 Å². The third-order valence-corrected chi connectivity index (χ3v) is 3.42. The zero-order valence-corrected chi connectivity index (χ0v) is 13.8. The van der Waals surface area contributed by atoms with Gasteiger partial charge in [0.05, 0.1) is 28.8 Å². The van der Waals surface area contributed by atoms with Gasteiger partial charge in [0, 0.05) is 11.3 Å². The van der Waals surface area contributed by atoms with Crippen LogP contribution in [0.1, 0.15) is 16.7 Å². The molecule has 2 aromatic rings. The number of carbonyl (C=O) groups is 1. The van der Waals surface area contributed by atoms with Crippen LogP contribution < -0.4 is 10.1 Å². The van der Waals surface area contributed by atoms with E-state index in [9.17, 15) is 18.0 Å². The Hall–Kier alpha value is -3.78. The van der Waals surface area contributed by atoms with E-state index in [4.69, 9.17) is 15.3 Å². The van der Waals surface area contributed by atoms with Gasteiger partial charge >= 0.3 is 6.18 Å². The first-order valence-electron chi connectivity index (χ1n) is 7.48. The van der Waals surface area contributed by atoms with Gasteiger partial charge in [-0.05, 0) is 42.5 Å². The molecule has 136 valence electrons. The third-order valence-electron chi connectivity index (χ3n) is 3.42. The van der Waals surface area contributed by atoms with Crippen LogP contribution in [0.15, 0.2) is 54.6 Å². The molecule has 0 heterocycles. The Kier molecular flexibility index (Phi) is 5.84. The monoisotopic (exact) mass is 371 g/mol. The molecule has 5 nitrogen and oxygen atoms in total. The summed E-state index contributed by atoms with van der Waals surface area (Å²) in [7, 11) is 0. The number of nitriles is 2. The number of amides is 1. The van der Waals surface area contributed by atoms with Crippen LogP contribution in [0.3, 0.4) is 0 Å². The molecule has 2 rings (SSSR count). The van der Waals surface area contributed by atoms with Gasteiger partial charge in [-0.15, -0.1) is 0 Å².